The maximum absolute atomic E-state index is 13.5. The Morgan fingerprint density at radius 2 is 1.85 bits per heavy atom. The molecule has 2 fully saturated rings. The van der Waals surface area contributed by atoms with Gasteiger partial charge in [0.25, 0.3) is 0 Å². The van der Waals surface area contributed by atoms with Gasteiger partial charge in [-0.05, 0) is 75.3 Å². The molecule has 0 unspecified atom stereocenters. The molecular weight excluding hydrogens is 509 g/mol. The van der Waals surface area contributed by atoms with Gasteiger partial charge in [0.2, 0.25) is 5.89 Å². The lowest BCUT2D eigenvalue weighted by Crippen LogP contribution is -2.41. The van der Waals surface area contributed by atoms with Crippen LogP contribution in [0.25, 0.3) is 33.6 Å². The van der Waals surface area contributed by atoms with Crippen LogP contribution in [0.1, 0.15) is 57.2 Å². The number of hydrogen-bond acceptors (Lipinski definition) is 4. The summed E-state index contributed by atoms with van der Waals surface area (Å²) in [6.07, 6.45) is 2.12. The topological polar surface area (TPSA) is 81.3 Å². The summed E-state index contributed by atoms with van der Waals surface area (Å²) in [5.74, 6) is 0.591. The van der Waals surface area contributed by atoms with Gasteiger partial charge in [0.15, 0.2) is 5.69 Å². The van der Waals surface area contributed by atoms with Gasteiger partial charge in [-0.25, -0.2) is 9.78 Å². The molecule has 204 valence electrons. The second-order valence-electron chi connectivity index (χ2n) is 10.1. The summed E-state index contributed by atoms with van der Waals surface area (Å²) in [5, 5.41) is 6.55. The Hall–Kier alpha value is -3.95. The second kappa shape index (κ2) is 9.98. The molecule has 6 rings (SSSR count). The zero-order valence-electron chi connectivity index (χ0n) is 21.5. The van der Waals surface area contributed by atoms with Gasteiger partial charge in [-0.3, -0.25) is 0 Å². The second-order valence-corrected chi connectivity index (χ2v) is 10.1. The molecular formula is C29H29F3N4O3. The van der Waals surface area contributed by atoms with Crippen molar-refractivity contribution >= 4 is 22.6 Å². The van der Waals surface area contributed by atoms with Crippen LogP contribution < -0.4 is 15.4 Å². The van der Waals surface area contributed by atoms with Crippen molar-refractivity contribution in [2.75, 3.05) is 11.9 Å². The molecule has 0 saturated heterocycles. The molecule has 2 aromatic heterocycles. The number of oxazole rings is 1. The molecule has 2 saturated carbocycles. The fourth-order valence-corrected chi connectivity index (χ4v) is 5.21. The summed E-state index contributed by atoms with van der Waals surface area (Å²) in [6.45, 7) is 2.40. The normalized spacial score (nSPS) is 16.1. The number of benzene rings is 2. The van der Waals surface area contributed by atoms with Crippen LogP contribution in [0.4, 0.5) is 23.7 Å². The molecule has 0 aliphatic heterocycles. The van der Waals surface area contributed by atoms with E-state index in [0.717, 1.165) is 60.7 Å². The lowest BCUT2D eigenvalue weighted by Gasteiger charge is -2.30. The van der Waals surface area contributed by atoms with Crippen LogP contribution in [-0.4, -0.2) is 28.2 Å². The molecule has 0 radical (unpaired) electrons. The summed E-state index contributed by atoms with van der Waals surface area (Å²) in [6, 6.07) is 13.1. The minimum Gasteiger partial charge on any atom is -0.494 e. The number of fused-ring (bicyclic) bond motifs is 1. The predicted octanol–water partition coefficient (Wildman–Crippen LogP) is 7.78. The summed E-state index contributed by atoms with van der Waals surface area (Å²) in [5.41, 5.74) is 2.41. The van der Waals surface area contributed by atoms with E-state index in [-0.39, 0.29) is 24.0 Å². The van der Waals surface area contributed by atoms with Crippen molar-refractivity contribution < 1.29 is 27.1 Å². The van der Waals surface area contributed by atoms with Crippen LogP contribution >= 0.6 is 0 Å². The van der Waals surface area contributed by atoms with Crippen molar-refractivity contribution in [1.29, 1.82) is 0 Å². The van der Waals surface area contributed by atoms with Crippen LogP contribution in [0.3, 0.4) is 0 Å². The Labute approximate surface area is 223 Å². The van der Waals surface area contributed by atoms with Crippen LogP contribution in [-0.2, 0) is 6.18 Å². The van der Waals surface area contributed by atoms with Gasteiger partial charge >= 0.3 is 12.2 Å². The van der Waals surface area contributed by atoms with Gasteiger partial charge in [-0.15, -0.1) is 0 Å². The van der Waals surface area contributed by atoms with Crippen molar-refractivity contribution in [3.05, 3.63) is 54.4 Å². The Bertz CT molecular complexity index is 1500. The average molecular weight is 539 g/mol. The van der Waals surface area contributed by atoms with Gasteiger partial charge in [0, 0.05) is 29.2 Å². The molecule has 7 nitrogen and oxygen atoms in total. The molecule has 0 bridgehead atoms. The minimum absolute atomic E-state index is 0.0911. The van der Waals surface area contributed by atoms with E-state index in [9.17, 15) is 18.0 Å². The predicted molar refractivity (Wildman–Crippen MR) is 142 cm³/mol. The van der Waals surface area contributed by atoms with Gasteiger partial charge in [0.1, 0.15) is 12.0 Å². The summed E-state index contributed by atoms with van der Waals surface area (Å²) < 4.78 is 53.8. The molecule has 39 heavy (non-hydrogen) atoms. The quantitative estimate of drug-likeness (QED) is 0.252. The SMILES string of the molecule is CCOc1ccc2c(-c3nc(C(F)(F)F)co3)c(-c3ccc(NC(=O)NC4CCC4)cc3)n(C3CCC3)c2c1. The Balaban J connectivity index is 1.47. The fourth-order valence-electron chi connectivity index (χ4n) is 5.21. The lowest BCUT2D eigenvalue weighted by atomic mass is 9.92. The van der Waals surface area contributed by atoms with E-state index < -0.39 is 11.9 Å². The lowest BCUT2D eigenvalue weighted by molar-refractivity contribution is -0.141. The number of hydrogen-bond donors (Lipinski definition) is 2. The molecule has 10 heteroatoms. The standard InChI is InChI=1S/C29H29F3N4O3/c1-2-38-21-13-14-22-23(15-21)36(20-7-4-8-20)26(25(22)27-35-24(16-39-27)29(30,31)32)17-9-11-19(12-10-17)34-28(37)33-18-5-3-6-18/h9-16,18,20H,2-8H2,1H3,(H2,33,34,37). The van der Waals surface area contributed by atoms with Crippen molar-refractivity contribution in [3.8, 4) is 28.5 Å². The molecule has 2 amide bonds. The number of anilines is 1. The van der Waals surface area contributed by atoms with Crippen LogP contribution in [0.15, 0.2) is 53.1 Å². The highest BCUT2D eigenvalue weighted by Gasteiger charge is 2.36. The monoisotopic (exact) mass is 538 g/mol. The number of ether oxygens (including phenoxy) is 1. The number of carbonyl (C=O) groups excluding carboxylic acids is 1. The van der Waals surface area contributed by atoms with E-state index >= 15 is 0 Å². The molecule has 2 heterocycles. The van der Waals surface area contributed by atoms with Gasteiger partial charge in [-0.1, -0.05) is 12.1 Å². The first-order valence-electron chi connectivity index (χ1n) is 13.3. The van der Waals surface area contributed by atoms with Crippen LogP contribution in [0.5, 0.6) is 5.75 Å². The first kappa shape index (κ1) is 25.3. The van der Waals surface area contributed by atoms with E-state index in [0.29, 0.717) is 29.9 Å². The molecule has 2 aliphatic carbocycles. The maximum atomic E-state index is 13.5. The third-order valence-electron chi connectivity index (χ3n) is 7.59. The van der Waals surface area contributed by atoms with Crippen LogP contribution in [0, 0.1) is 0 Å². The molecule has 0 spiro atoms. The minimum atomic E-state index is -4.62. The highest BCUT2D eigenvalue weighted by Crippen LogP contribution is 2.47. The number of halogens is 3. The number of alkyl halides is 3. The van der Waals surface area contributed by atoms with E-state index in [2.05, 4.69) is 20.2 Å². The van der Waals surface area contributed by atoms with Crippen molar-refractivity contribution in [2.24, 2.45) is 0 Å². The number of nitrogens with one attached hydrogen (secondary N) is 2. The van der Waals surface area contributed by atoms with Crippen LogP contribution in [0.2, 0.25) is 0 Å². The van der Waals surface area contributed by atoms with Gasteiger partial charge < -0.3 is 24.4 Å². The fraction of sp³-hybridized carbons (Fsp3) is 0.379. The number of rotatable bonds is 7. The summed E-state index contributed by atoms with van der Waals surface area (Å²) in [7, 11) is 0. The summed E-state index contributed by atoms with van der Waals surface area (Å²) >= 11 is 0. The third kappa shape index (κ3) is 4.84. The summed E-state index contributed by atoms with van der Waals surface area (Å²) in [4.78, 5) is 16.2. The zero-order valence-corrected chi connectivity index (χ0v) is 21.5. The smallest absolute Gasteiger partial charge is 0.436 e. The number of nitrogens with zero attached hydrogens (tertiary/aromatic N) is 2. The number of carbonyl (C=O) groups is 1. The van der Waals surface area contributed by atoms with Crippen molar-refractivity contribution in [2.45, 2.75) is 63.7 Å². The van der Waals surface area contributed by atoms with E-state index in [1.54, 1.807) is 12.1 Å². The van der Waals surface area contributed by atoms with Gasteiger partial charge in [0.05, 0.1) is 23.4 Å². The Kier molecular flexibility index (Phi) is 6.48. The highest BCUT2D eigenvalue weighted by molar-refractivity contribution is 6.03. The molecule has 2 aromatic carbocycles. The van der Waals surface area contributed by atoms with E-state index in [1.807, 2.05) is 37.3 Å². The molecule has 0 atom stereocenters. The maximum Gasteiger partial charge on any atom is 0.436 e. The largest absolute Gasteiger partial charge is 0.494 e. The molecule has 4 aromatic rings. The first-order chi connectivity index (χ1) is 18.8. The highest BCUT2D eigenvalue weighted by atomic mass is 19.4. The number of amides is 2. The average Bonchev–Trinajstić information content (AvgIpc) is 3.45. The number of urea groups is 1. The Morgan fingerprint density at radius 1 is 1.10 bits per heavy atom. The third-order valence-corrected chi connectivity index (χ3v) is 7.59. The van der Waals surface area contributed by atoms with E-state index in [1.165, 1.54) is 0 Å². The van der Waals surface area contributed by atoms with E-state index in [4.69, 9.17) is 9.15 Å². The van der Waals surface area contributed by atoms with Crippen molar-refractivity contribution in [1.82, 2.24) is 14.9 Å². The Morgan fingerprint density at radius 3 is 2.44 bits per heavy atom. The van der Waals surface area contributed by atoms with Gasteiger partial charge in [-0.2, -0.15) is 13.2 Å². The van der Waals surface area contributed by atoms with Crippen molar-refractivity contribution in [3.63, 3.8) is 0 Å². The zero-order chi connectivity index (χ0) is 27.1. The number of aromatic nitrogens is 2. The first-order valence-corrected chi connectivity index (χ1v) is 13.3. The molecule has 2 aliphatic rings. The molecule has 2 N–H and O–H groups in total.